The number of nitrogens with one attached hydrogen (secondary N) is 1. The number of hydrogen-bond donors (Lipinski definition) is 1. The van der Waals surface area contributed by atoms with Gasteiger partial charge in [0, 0.05) is 19.2 Å². The standard InChI is InChI=1S/C14H13N3O3.C13H11N3O3/c1-9-7-10(20-15-9)8-17-13(18)11-5-3-4-6-12(11)16(2)14(17)19;1-8-6-9(19-15-8)7-16-12(17)10-4-2-3-5-11(10)14-13(16)18/h3-7H,8H2,1-2H3;2-6H,7H2,1H3,(H,14,18). The fourth-order valence-corrected chi connectivity index (χ4v) is 4.24. The Hall–Kier alpha value is -5.26. The Balaban J connectivity index is 0.000000158. The molecule has 0 saturated carbocycles. The number of benzene rings is 2. The molecule has 4 heterocycles. The van der Waals surface area contributed by atoms with Gasteiger partial charge in [0.05, 0.1) is 46.3 Å². The molecule has 0 unspecified atom stereocenters. The van der Waals surface area contributed by atoms with Crippen molar-refractivity contribution in [3.05, 3.63) is 125 Å². The van der Waals surface area contributed by atoms with Gasteiger partial charge in [-0.1, -0.05) is 34.6 Å². The van der Waals surface area contributed by atoms with Crippen LogP contribution in [0.2, 0.25) is 0 Å². The molecule has 39 heavy (non-hydrogen) atoms. The first kappa shape index (κ1) is 25.4. The van der Waals surface area contributed by atoms with Crippen molar-refractivity contribution in [2.24, 2.45) is 7.05 Å². The summed E-state index contributed by atoms with van der Waals surface area (Å²) in [5.41, 5.74) is 1.08. The Bertz CT molecular complexity index is 2060. The molecule has 0 bridgehead atoms. The highest BCUT2D eigenvalue weighted by atomic mass is 16.5. The summed E-state index contributed by atoms with van der Waals surface area (Å²) in [7, 11) is 1.65. The first-order valence-corrected chi connectivity index (χ1v) is 12.0. The van der Waals surface area contributed by atoms with E-state index in [1.54, 1.807) is 81.6 Å². The number of aromatic nitrogens is 6. The second kappa shape index (κ2) is 10.2. The normalized spacial score (nSPS) is 11.1. The van der Waals surface area contributed by atoms with Crippen molar-refractivity contribution in [1.29, 1.82) is 0 Å². The number of H-pyrrole nitrogens is 1. The van der Waals surface area contributed by atoms with Crippen molar-refractivity contribution >= 4 is 21.8 Å². The molecule has 0 amide bonds. The molecule has 2 aromatic carbocycles. The third-order valence-electron chi connectivity index (χ3n) is 6.13. The SMILES string of the molecule is Cc1cc(Cn2c(=O)[nH]c3ccccc3c2=O)on1.Cc1cc(Cn2c(=O)c3ccccc3n(C)c2=O)on1. The third kappa shape index (κ3) is 4.99. The maximum absolute atomic E-state index is 12.4. The second-order valence-corrected chi connectivity index (χ2v) is 8.99. The smallest absolute Gasteiger partial charge is 0.331 e. The molecule has 12 nitrogen and oxygen atoms in total. The van der Waals surface area contributed by atoms with E-state index in [-0.39, 0.29) is 29.9 Å². The summed E-state index contributed by atoms with van der Waals surface area (Å²) in [6.07, 6.45) is 0. The maximum Gasteiger partial charge on any atom is 0.331 e. The Morgan fingerprint density at radius 1 is 0.744 bits per heavy atom. The summed E-state index contributed by atoms with van der Waals surface area (Å²) < 4.78 is 13.8. The van der Waals surface area contributed by atoms with Crippen LogP contribution in [0, 0.1) is 13.8 Å². The number of para-hydroxylation sites is 2. The molecule has 0 aliphatic carbocycles. The van der Waals surface area contributed by atoms with Crippen molar-refractivity contribution in [2.45, 2.75) is 26.9 Å². The number of hydrogen-bond acceptors (Lipinski definition) is 8. The highest BCUT2D eigenvalue weighted by molar-refractivity contribution is 5.78. The lowest BCUT2D eigenvalue weighted by Gasteiger charge is -2.08. The number of fused-ring (bicyclic) bond motifs is 2. The topological polar surface area (TPSA) is 151 Å². The maximum atomic E-state index is 12.4. The molecule has 12 heteroatoms. The first-order valence-electron chi connectivity index (χ1n) is 12.0. The molecule has 4 aromatic heterocycles. The van der Waals surface area contributed by atoms with Crippen LogP contribution in [0.15, 0.2) is 88.9 Å². The Kier molecular flexibility index (Phi) is 6.67. The number of rotatable bonds is 4. The van der Waals surface area contributed by atoms with Crippen LogP contribution in [-0.2, 0) is 20.1 Å². The summed E-state index contributed by atoms with van der Waals surface area (Å²) in [6.45, 7) is 3.71. The summed E-state index contributed by atoms with van der Waals surface area (Å²) in [5, 5.41) is 8.47. The summed E-state index contributed by atoms with van der Waals surface area (Å²) in [6, 6.07) is 17.3. The predicted molar refractivity (Wildman–Crippen MR) is 143 cm³/mol. The van der Waals surface area contributed by atoms with Gasteiger partial charge in [0.25, 0.3) is 11.1 Å². The molecule has 0 saturated heterocycles. The molecule has 0 radical (unpaired) electrons. The van der Waals surface area contributed by atoms with E-state index in [0.29, 0.717) is 44.7 Å². The summed E-state index contributed by atoms with van der Waals surface area (Å²) >= 11 is 0. The highest BCUT2D eigenvalue weighted by Gasteiger charge is 2.13. The Morgan fingerprint density at radius 3 is 1.90 bits per heavy atom. The monoisotopic (exact) mass is 528 g/mol. The Labute approximate surface area is 219 Å². The Morgan fingerprint density at radius 2 is 1.28 bits per heavy atom. The van der Waals surface area contributed by atoms with E-state index < -0.39 is 5.69 Å². The van der Waals surface area contributed by atoms with Gasteiger partial charge < -0.3 is 14.0 Å². The van der Waals surface area contributed by atoms with Crippen molar-refractivity contribution in [1.82, 2.24) is 29.0 Å². The lowest BCUT2D eigenvalue weighted by atomic mass is 10.2. The van der Waals surface area contributed by atoms with E-state index in [2.05, 4.69) is 15.3 Å². The van der Waals surface area contributed by atoms with Gasteiger partial charge in [0.15, 0.2) is 11.5 Å². The van der Waals surface area contributed by atoms with Gasteiger partial charge in [0.1, 0.15) is 0 Å². The van der Waals surface area contributed by atoms with Gasteiger partial charge in [-0.25, -0.2) is 9.59 Å². The summed E-state index contributed by atoms with van der Waals surface area (Å²) in [4.78, 5) is 51.5. The lowest BCUT2D eigenvalue weighted by molar-refractivity contribution is 0.369. The minimum atomic E-state index is -0.460. The van der Waals surface area contributed by atoms with Crippen LogP contribution in [0.25, 0.3) is 21.8 Å². The van der Waals surface area contributed by atoms with Crippen LogP contribution in [0.1, 0.15) is 22.9 Å². The van der Waals surface area contributed by atoms with Crippen LogP contribution in [0.3, 0.4) is 0 Å². The van der Waals surface area contributed by atoms with Gasteiger partial charge in [-0.3, -0.25) is 23.3 Å². The fourth-order valence-electron chi connectivity index (χ4n) is 4.24. The van der Waals surface area contributed by atoms with Crippen molar-refractivity contribution in [3.8, 4) is 0 Å². The van der Waals surface area contributed by atoms with Gasteiger partial charge >= 0.3 is 11.4 Å². The van der Waals surface area contributed by atoms with Crippen molar-refractivity contribution < 1.29 is 9.05 Å². The van der Waals surface area contributed by atoms with Crippen LogP contribution >= 0.6 is 0 Å². The molecule has 0 fully saturated rings. The predicted octanol–water partition coefficient (Wildman–Crippen LogP) is 2.08. The zero-order valence-corrected chi connectivity index (χ0v) is 21.4. The van der Waals surface area contributed by atoms with E-state index in [9.17, 15) is 19.2 Å². The molecule has 0 aliphatic heterocycles. The lowest BCUT2D eigenvalue weighted by Crippen LogP contribution is -2.39. The molecule has 6 rings (SSSR count). The van der Waals surface area contributed by atoms with E-state index in [4.69, 9.17) is 9.05 Å². The average molecular weight is 529 g/mol. The van der Waals surface area contributed by atoms with E-state index in [0.717, 1.165) is 9.13 Å². The largest absolute Gasteiger partial charge is 0.359 e. The molecule has 1 N–H and O–H groups in total. The van der Waals surface area contributed by atoms with E-state index in [1.165, 1.54) is 4.57 Å². The zero-order chi connectivity index (χ0) is 27.7. The van der Waals surface area contributed by atoms with Gasteiger partial charge in [-0.2, -0.15) is 0 Å². The van der Waals surface area contributed by atoms with E-state index >= 15 is 0 Å². The molecule has 6 aromatic rings. The van der Waals surface area contributed by atoms with Gasteiger partial charge in [-0.15, -0.1) is 0 Å². The first-order chi connectivity index (χ1) is 18.7. The zero-order valence-electron chi connectivity index (χ0n) is 21.4. The average Bonchev–Trinajstić information content (AvgIpc) is 3.55. The van der Waals surface area contributed by atoms with Crippen LogP contribution < -0.4 is 22.5 Å². The van der Waals surface area contributed by atoms with Crippen molar-refractivity contribution in [3.63, 3.8) is 0 Å². The van der Waals surface area contributed by atoms with E-state index in [1.807, 2.05) is 0 Å². The van der Waals surface area contributed by atoms with Gasteiger partial charge in [0.2, 0.25) is 0 Å². The molecule has 0 spiro atoms. The fraction of sp³-hybridized carbons (Fsp3) is 0.185. The highest BCUT2D eigenvalue weighted by Crippen LogP contribution is 2.08. The minimum Gasteiger partial charge on any atom is -0.359 e. The van der Waals surface area contributed by atoms with Crippen LogP contribution in [0.4, 0.5) is 0 Å². The summed E-state index contributed by atoms with van der Waals surface area (Å²) in [5.74, 6) is 0.956. The second-order valence-electron chi connectivity index (χ2n) is 8.99. The number of nitrogens with zero attached hydrogens (tertiary/aromatic N) is 5. The van der Waals surface area contributed by atoms with Gasteiger partial charge in [-0.05, 0) is 38.1 Å². The molecule has 0 aliphatic rings. The minimum absolute atomic E-state index is 0.0693. The number of aromatic amines is 1. The van der Waals surface area contributed by atoms with Crippen molar-refractivity contribution in [2.75, 3.05) is 0 Å². The molecule has 0 atom stereocenters. The number of aryl methyl sites for hydroxylation is 3. The molecular formula is C27H24N6O6. The quantitative estimate of drug-likeness (QED) is 0.365. The van der Waals surface area contributed by atoms with Crippen LogP contribution in [0.5, 0.6) is 0 Å². The van der Waals surface area contributed by atoms with Crippen LogP contribution in [-0.4, -0.2) is 29.0 Å². The third-order valence-corrected chi connectivity index (χ3v) is 6.13. The molecule has 198 valence electrons. The molecular weight excluding hydrogens is 504 g/mol.